The van der Waals surface area contributed by atoms with Crippen molar-refractivity contribution in [3.8, 4) is 0 Å². The number of esters is 1. The molecule has 20 heavy (non-hydrogen) atoms. The van der Waals surface area contributed by atoms with Crippen molar-refractivity contribution < 1.29 is 14.3 Å². The quantitative estimate of drug-likeness (QED) is 0.597. The number of hydrogen-bond acceptors (Lipinski definition) is 4. The first-order valence-corrected chi connectivity index (χ1v) is 7.39. The number of methoxy groups -OCH3 is 1. The Kier molecular flexibility index (Phi) is 6.94. The highest BCUT2D eigenvalue weighted by atomic mass is 127. The third kappa shape index (κ3) is 5.46. The fraction of sp³-hybridized carbons (Fsp3) is 0.429. The van der Waals surface area contributed by atoms with Crippen LogP contribution in [-0.4, -0.2) is 43.5 Å². The monoisotopic (exact) mass is 390 g/mol. The Balaban J connectivity index is 2.59. The van der Waals surface area contributed by atoms with E-state index in [0.717, 1.165) is 14.8 Å². The number of rotatable bonds is 6. The zero-order chi connectivity index (χ0) is 15.1. The van der Waals surface area contributed by atoms with Crippen molar-refractivity contribution in [2.45, 2.75) is 13.8 Å². The normalized spacial score (nSPS) is 10.4. The Bertz CT molecular complexity index is 491. The second kappa shape index (κ2) is 8.21. The van der Waals surface area contributed by atoms with Crippen LogP contribution in [0.15, 0.2) is 18.2 Å². The van der Waals surface area contributed by atoms with Crippen LogP contribution in [0.1, 0.15) is 12.5 Å². The number of nitrogens with zero attached hydrogens (tertiary/aromatic N) is 1. The molecule has 1 aromatic rings. The molecule has 0 aliphatic heterocycles. The van der Waals surface area contributed by atoms with E-state index >= 15 is 0 Å². The summed E-state index contributed by atoms with van der Waals surface area (Å²) in [6.07, 6.45) is 0. The van der Waals surface area contributed by atoms with E-state index in [1.165, 1.54) is 7.11 Å². The van der Waals surface area contributed by atoms with Gasteiger partial charge in [-0.25, -0.2) is 0 Å². The minimum Gasteiger partial charge on any atom is -0.468 e. The van der Waals surface area contributed by atoms with Crippen molar-refractivity contribution in [3.05, 3.63) is 27.3 Å². The third-order valence-corrected chi connectivity index (χ3v) is 3.53. The number of nitrogens with one attached hydrogen (secondary N) is 1. The molecule has 0 saturated heterocycles. The number of benzene rings is 1. The molecule has 5 nitrogen and oxygen atoms in total. The van der Waals surface area contributed by atoms with Gasteiger partial charge in [0, 0.05) is 9.26 Å². The zero-order valence-electron chi connectivity index (χ0n) is 11.9. The van der Waals surface area contributed by atoms with Gasteiger partial charge in [0.1, 0.15) is 0 Å². The number of carbonyl (C=O) groups excluding carboxylic acids is 2. The van der Waals surface area contributed by atoms with Gasteiger partial charge in [0.05, 0.1) is 20.2 Å². The van der Waals surface area contributed by atoms with Gasteiger partial charge in [-0.3, -0.25) is 14.5 Å². The van der Waals surface area contributed by atoms with Crippen molar-refractivity contribution in [2.24, 2.45) is 0 Å². The molecule has 6 heteroatoms. The molecule has 1 N–H and O–H groups in total. The van der Waals surface area contributed by atoms with E-state index in [2.05, 4.69) is 32.6 Å². The predicted octanol–water partition coefficient (Wildman–Crippen LogP) is 2.03. The van der Waals surface area contributed by atoms with Crippen molar-refractivity contribution in [1.29, 1.82) is 0 Å². The Hall–Kier alpha value is -1.15. The second-order valence-corrected chi connectivity index (χ2v) is 5.63. The lowest BCUT2D eigenvalue weighted by atomic mass is 10.2. The molecule has 0 unspecified atom stereocenters. The smallest absolute Gasteiger partial charge is 0.319 e. The molecule has 0 atom stereocenters. The van der Waals surface area contributed by atoms with E-state index in [0.29, 0.717) is 6.54 Å². The van der Waals surface area contributed by atoms with Crippen LogP contribution in [-0.2, 0) is 14.3 Å². The molecule has 1 amide bonds. The number of anilines is 1. The average Bonchev–Trinajstić information content (AvgIpc) is 2.41. The number of halogens is 1. The first kappa shape index (κ1) is 16.9. The summed E-state index contributed by atoms with van der Waals surface area (Å²) in [5, 5.41) is 2.86. The molecule has 0 bridgehead atoms. The fourth-order valence-electron chi connectivity index (χ4n) is 1.69. The fourth-order valence-corrected chi connectivity index (χ4v) is 2.33. The van der Waals surface area contributed by atoms with Crippen LogP contribution < -0.4 is 5.32 Å². The van der Waals surface area contributed by atoms with Gasteiger partial charge < -0.3 is 10.1 Å². The highest BCUT2D eigenvalue weighted by molar-refractivity contribution is 14.1. The third-order valence-electron chi connectivity index (χ3n) is 2.86. The second-order valence-electron chi connectivity index (χ2n) is 4.39. The van der Waals surface area contributed by atoms with E-state index in [1.54, 1.807) is 4.90 Å². The lowest BCUT2D eigenvalue weighted by molar-refractivity contribution is -0.142. The Labute approximate surface area is 132 Å². The summed E-state index contributed by atoms with van der Waals surface area (Å²) in [6, 6.07) is 5.82. The van der Waals surface area contributed by atoms with Crippen LogP contribution in [0, 0.1) is 10.5 Å². The van der Waals surface area contributed by atoms with Crippen LogP contribution in [0.3, 0.4) is 0 Å². The molecule has 0 spiro atoms. The molecule has 0 saturated carbocycles. The largest absolute Gasteiger partial charge is 0.468 e. The lowest BCUT2D eigenvalue weighted by Gasteiger charge is -2.18. The number of hydrogen-bond donors (Lipinski definition) is 1. The van der Waals surface area contributed by atoms with Gasteiger partial charge in [0.2, 0.25) is 5.91 Å². The molecule has 0 radical (unpaired) electrons. The summed E-state index contributed by atoms with van der Waals surface area (Å²) in [5.41, 5.74) is 1.81. The molecule has 0 aliphatic carbocycles. The summed E-state index contributed by atoms with van der Waals surface area (Å²) in [6.45, 7) is 4.73. The van der Waals surface area contributed by atoms with Gasteiger partial charge in [-0.05, 0) is 59.8 Å². The van der Waals surface area contributed by atoms with Gasteiger partial charge in [0.25, 0.3) is 0 Å². The van der Waals surface area contributed by atoms with Crippen LogP contribution in [0.25, 0.3) is 0 Å². The molecular weight excluding hydrogens is 371 g/mol. The van der Waals surface area contributed by atoms with E-state index in [1.807, 2.05) is 32.0 Å². The van der Waals surface area contributed by atoms with Crippen molar-refractivity contribution in [3.63, 3.8) is 0 Å². The minimum absolute atomic E-state index is 0.117. The first-order chi connectivity index (χ1) is 9.46. The van der Waals surface area contributed by atoms with Gasteiger partial charge in [-0.15, -0.1) is 0 Å². The van der Waals surface area contributed by atoms with E-state index in [9.17, 15) is 9.59 Å². The van der Waals surface area contributed by atoms with Crippen molar-refractivity contribution in [1.82, 2.24) is 4.90 Å². The zero-order valence-corrected chi connectivity index (χ0v) is 14.1. The van der Waals surface area contributed by atoms with E-state index in [-0.39, 0.29) is 25.0 Å². The van der Waals surface area contributed by atoms with E-state index in [4.69, 9.17) is 0 Å². The van der Waals surface area contributed by atoms with Gasteiger partial charge in [-0.2, -0.15) is 0 Å². The number of amides is 1. The van der Waals surface area contributed by atoms with E-state index < -0.39 is 0 Å². The number of carbonyl (C=O) groups is 2. The molecular formula is C14H19IN2O3. The van der Waals surface area contributed by atoms with Gasteiger partial charge in [-0.1, -0.05) is 6.92 Å². The van der Waals surface area contributed by atoms with Crippen LogP contribution in [0.2, 0.25) is 0 Å². The summed E-state index contributed by atoms with van der Waals surface area (Å²) in [4.78, 5) is 24.9. The molecule has 110 valence electrons. The predicted molar refractivity (Wildman–Crippen MR) is 86.7 cm³/mol. The number of ether oxygens (including phenoxy) is 1. The number of likely N-dealkylation sites (N-methyl/N-ethyl adjacent to an activating group) is 1. The summed E-state index contributed by atoms with van der Waals surface area (Å²) >= 11 is 2.23. The maximum Gasteiger partial charge on any atom is 0.319 e. The molecule has 1 rings (SSSR count). The molecule has 0 aromatic heterocycles. The summed E-state index contributed by atoms with van der Waals surface area (Å²) < 4.78 is 5.73. The Morgan fingerprint density at radius 1 is 1.35 bits per heavy atom. The molecule has 0 aliphatic rings. The molecule has 0 heterocycles. The van der Waals surface area contributed by atoms with Crippen LogP contribution >= 0.6 is 22.6 Å². The molecule has 0 fully saturated rings. The Morgan fingerprint density at radius 3 is 2.60 bits per heavy atom. The first-order valence-electron chi connectivity index (χ1n) is 6.31. The topological polar surface area (TPSA) is 58.6 Å². The van der Waals surface area contributed by atoms with Crippen LogP contribution in [0.4, 0.5) is 5.69 Å². The van der Waals surface area contributed by atoms with Crippen LogP contribution in [0.5, 0.6) is 0 Å². The average molecular weight is 390 g/mol. The van der Waals surface area contributed by atoms with Gasteiger partial charge in [0.15, 0.2) is 0 Å². The maximum atomic E-state index is 12.0. The maximum absolute atomic E-state index is 12.0. The summed E-state index contributed by atoms with van der Waals surface area (Å²) in [5.74, 6) is -0.481. The summed E-state index contributed by atoms with van der Waals surface area (Å²) in [7, 11) is 1.34. The lowest BCUT2D eigenvalue weighted by Crippen LogP contribution is -2.37. The standard InChI is InChI=1S/C14H19IN2O3/c1-4-17(9-14(19)20-3)8-13(18)16-12-6-5-11(15)7-10(12)2/h5-7H,4,8-9H2,1-3H3,(H,16,18). The highest BCUT2D eigenvalue weighted by Gasteiger charge is 2.13. The molecule has 1 aromatic carbocycles. The number of aryl methyl sites for hydroxylation is 1. The van der Waals surface area contributed by atoms with Crippen molar-refractivity contribution >= 4 is 40.2 Å². The minimum atomic E-state index is -0.343. The highest BCUT2D eigenvalue weighted by Crippen LogP contribution is 2.17. The SMILES string of the molecule is CCN(CC(=O)Nc1ccc(I)cc1C)CC(=O)OC. The van der Waals surface area contributed by atoms with Gasteiger partial charge >= 0.3 is 5.97 Å². The Morgan fingerprint density at radius 2 is 2.05 bits per heavy atom. The van der Waals surface area contributed by atoms with Crippen molar-refractivity contribution in [2.75, 3.05) is 32.1 Å².